The molecule has 1 atom stereocenters. The molecule has 81 heavy (non-hydrogen) atoms. The van der Waals surface area contributed by atoms with E-state index >= 15 is 0 Å². The van der Waals surface area contributed by atoms with E-state index in [1.54, 1.807) is 98.5 Å². The van der Waals surface area contributed by atoms with Crippen molar-refractivity contribution in [1.29, 1.82) is 0 Å². The van der Waals surface area contributed by atoms with E-state index in [9.17, 15) is 24.3 Å². The number of carboxylic acids is 1. The number of carboxylic acid groups (broad SMARTS) is 1. The van der Waals surface area contributed by atoms with Crippen LogP contribution in [0.1, 0.15) is 78.2 Å². The quantitative estimate of drug-likeness (QED) is 0.0169. The van der Waals surface area contributed by atoms with E-state index in [4.69, 9.17) is 85.0 Å². The summed E-state index contributed by atoms with van der Waals surface area (Å²) in [6.45, 7) is 18.6. The van der Waals surface area contributed by atoms with E-state index in [-0.39, 0.29) is 68.1 Å². The molecule has 0 fully saturated rings. The molecule has 21 nitrogen and oxygen atoms in total. The third-order valence-electron chi connectivity index (χ3n) is 9.37. The van der Waals surface area contributed by atoms with Gasteiger partial charge in [0.2, 0.25) is 5.95 Å². The van der Waals surface area contributed by atoms with Gasteiger partial charge in [-0.25, -0.2) is 44.5 Å². The normalized spacial score (nSPS) is 10.4. The van der Waals surface area contributed by atoms with Gasteiger partial charge in [0.25, 0.3) is 0 Å². The maximum Gasteiger partial charge on any atom is 0.338 e. The Morgan fingerprint density at radius 3 is 1.38 bits per heavy atom. The van der Waals surface area contributed by atoms with Gasteiger partial charge in [0, 0.05) is 76.2 Å². The highest BCUT2D eigenvalue weighted by Crippen LogP contribution is 2.24. The van der Waals surface area contributed by atoms with E-state index in [0.717, 1.165) is 11.6 Å². The number of rotatable bonds is 14. The maximum absolute atomic E-state index is 11.5. The number of aliphatic hydroxyl groups is 1. The number of esters is 1. The van der Waals surface area contributed by atoms with Crippen LogP contribution in [0.25, 0.3) is 17.0 Å². The Balaban J connectivity index is 0. The van der Waals surface area contributed by atoms with Crippen LogP contribution in [0.2, 0.25) is 25.8 Å². The second kappa shape index (κ2) is 44.4. The molecule has 0 saturated carbocycles. The van der Waals surface area contributed by atoms with Crippen LogP contribution in [0.5, 0.6) is 0 Å². The number of pyridine rings is 5. The first-order chi connectivity index (χ1) is 38.2. The third kappa shape index (κ3) is 35.1. The van der Waals surface area contributed by atoms with Gasteiger partial charge in [-0.2, -0.15) is 0 Å². The molecule has 6 aromatic rings. The van der Waals surface area contributed by atoms with E-state index in [2.05, 4.69) is 71.9 Å². The fourth-order valence-corrected chi connectivity index (χ4v) is 6.10. The lowest BCUT2D eigenvalue weighted by molar-refractivity contribution is -0.137. The Kier molecular flexibility index (Phi) is 41.5. The van der Waals surface area contributed by atoms with E-state index in [1.807, 2.05) is 46.1 Å². The second-order valence-corrected chi connectivity index (χ2v) is 17.6. The van der Waals surface area contributed by atoms with Crippen molar-refractivity contribution in [2.24, 2.45) is 11.5 Å². The third-order valence-corrected chi connectivity index (χ3v) is 10.9. The minimum Gasteiger partial charge on any atom is -0.507 e. The minimum atomic E-state index is -1.06. The zero-order valence-electron chi connectivity index (χ0n) is 47.1. The molecular weight excluding hydrogens is 1150 g/mol. The highest BCUT2D eigenvalue weighted by molar-refractivity contribution is 6.34. The van der Waals surface area contributed by atoms with Crippen molar-refractivity contribution in [1.82, 2.24) is 49.6 Å². The molecule has 6 heterocycles. The Hall–Kier alpha value is -7.34. The first-order valence-corrected chi connectivity index (χ1v) is 26.1. The molecule has 8 N–H and O–H groups in total. The second-order valence-electron chi connectivity index (χ2n) is 15.8. The number of hydrogen-bond acceptors (Lipinski definition) is 20. The molecule has 0 spiro atoms. The number of nitrogens with two attached hydrogens (primary N) is 3. The highest BCUT2D eigenvalue weighted by atomic mass is 35.5. The van der Waals surface area contributed by atoms with Gasteiger partial charge in [0.15, 0.2) is 11.6 Å². The summed E-state index contributed by atoms with van der Waals surface area (Å²) in [4.78, 5) is 76.5. The molecule has 0 aromatic carbocycles. The molecule has 0 aliphatic rings. The molecule has 0 bridgehead atoms. The number of aromatic nitrogens is 7. The Morgan fingerprint density at radius 2 is 1.07 bits per heavy atom. The lowest BCUT2D eigenvalue weighted by atomic mass is 10.2. The molecule has 0 aliphatic heterocycles. The molecule has 26 heteroatoms. The van der Waals surface area contributed by atoms with Crippen molar-refractivity contribution in [3.63, 3.8) is 0 Å². The van der Waals surface area contributed by atoms with Crippen molar-refractivity contribution in [2.75, 3.05) is 67.3 Å². The van der Waals surface area contributed by atoms with Gasteiger partial charge in [-0.1, -0.05) is 85.4 Å². The van der Waals surface area contributed by atoms with Crippen LogP contribution in [0.3, 0.4) is 0 Å². The van der Waals surface area contributed by atoms with Crippen molar-refractivity contribution in [2.45, 2.75) is 47.8 Å². The predicted octanol–water partition coefficient (Wildman–Crippen LogP) is 10.6. The van der Waals surface area contributed by atoms with Crippen LogP contribution in [0, 0.1) is 0 Å². The number of hydrogen-bond donors (Lipinski definition) is 5. The first kappa shape index (κ1) is 75.7. The van der Waals surface area contributed by atoms with Crippen LogP contribution in [0.4, 0.5) is 5.95 Å². The number of methoxy groups -OCH3 is 1. The topological polar surface area (TPSA) is 305 Å². The molecule has 0 radical (unpaired) electrons. The Bertz CT molecular complexity index is 2810. The van der Waals surface area contributed by atoms with Gasteiger partial charge >= 0.3 is 11.9 Å². The molecule has 0 amide bonds. The molecule has 6 rings (SSSR count). The number of nitrogen functional groups attached to an aromatic ring is 1. The number of aliphatic hydroxyl groups excluding tert-OH is 1. The fraction of sp³-hybridized carbons (Fsp3) is 0.291. The number of carbonyl (C=O) groups excluding carboxylic acids is 3. The van der Waals surface area contributed by atoms with Gasteiger partial charge in [-0.15, -0.1) is 0 Å². The van der Waals surface area contributed by atoms with Gasteiger partial charge in [0.1, 0.15) is 37.8 Å². The highest BCUT2D eigenvalue weighted by Gasteiger charge is 2.10. The molecule has 0 saturated heterocycles. The van der Waals surface area contributed by atoms with Gasteiger partial charge in [-0.3, -0.25) is 14.5 Å². The summed E-state index contributed by atoms with van der Waals surface area (Å²) in [7, 11) is 9.34. The smallest absolute Gasteiger partial charge is 0.338 e. The standard InChI is InChI=1S/C10H11ClN2O.C10H10ClNO3.C9H7ClN4.C7H6ClNO.C6H4ClNO2.C6H15N.C5H13NO.C2H6N2/c1-13(2)7-5-9(14)8-4-3-6-12-10(8)11;1-2-15-9(14)6-8(13)7-4-3-5-12-10(7)11;10-8-6(2-1-4-12-8)7-3-5-13-9(11)14-7;1-5(10)6-3-2-4-9-7(6)8;7-5-4(6(9)10)2-1-3-8-5;1-4-7(5-2)6-3;1-5(7-4)6(2)3;1-2(3)4/h3-7H,1-2H3;3-6,13H,2H2,1H3;1-5H,(H2,11,13,14);2-4H,1H3;1-3H,(H,9,10);4-6H2,1-3H3;5H,1-4H3;1,3-4H2/b7-5+;8-6-;;;;;;. The van der Waals surface area contributed by atoms with Crippen LogP contribution >= 0.6 is 58.0 Å². The SMILES string of the molecule is C=C(N)N.CC(=O)c1cccnc1Cl.CCN(CC)CC.CCOC(=O)/C=C(\O)c1cccnc1Cl.CN(C)/C=C/C(=O)c1cccnc1Cl.COC(C)N(C)C.Nc1nccc(-c2cccnc2Cl)n1.O=C(O)c1cccnc1Cl. The first-order valence-electron chi connectivity index (χ1n) is 24.2. The predicted molar refractivity (Wildman–Crippen MR) is 324 cm³/mol. The molecular formula is C55H72Cl5N13O8. The van der Waals surface area contributed by atoms with Crippen molar-refractivity contribution >= 4 is 93.2 Å². The Labute approximate surface area is 499 Å². The summed E-state index contributed by atoms with van der Waals surface area (Å²) in [5, 5.41) is 19.1. The van der Waals surface area contributed by atoms with Crippen molar-refractivity contribution in [3.05, 3.63) is 183 Å². The van der Waals surface area contributed by atoms with E-state index < -0.39 is 11.9 Å². The number of ketones is 2. The molecule has 6 aromatic heterocycles. The summed E-state index contributed by atoms with van der Waals surface area (Å²) in [6, 6.07) is 18.1. The average molecular weight is 1220 g/mol. The van der Waals surface area contributed by atoms with E-state index in [1.165, 1.54) is 57.2 Å². The summed E-state index contributed by atoms with van der Waals surface area (Å²) < 4.78 is 9.57. The lowest BCUT2D eigenvalue weighted by Crippen LogP contribution is -2.25. The summed E-state index contributed by atoms with van der Waals surface area (Å²) in [6.07, 6.45) is 13.6. The van der Waals surface area contributed by atoms with Gasteiger partial charge in [-0.05, 0) is 121 Å². The number of anilines is 1. The number of ether oxygens (including phenoxy) is 2. The summed E-state index contributed by atoms with van der Waals surface area (Å²) >= 11 is 28.4. The van der Waals surface area contributed by atoms with Crippen LogP contribution in [-0.4, -0.2) is 151 Å². The van der Waals surface area contributed by atoms with Crippen molar-refractivity contribution in [3.8, 4) is 11.3 Å². The van der Waals surface area contributed by atoms with Crippen molar-refractivity contribution < 1.29 is 38.9 Å². The molecule has 1 unspecified atom stereocenters. The number of allylic oxidation sites excluding steroid dienone is 1. The van der Waals surface area contributed by atoms with Gasteiger partial charge in [0.05, 0.1) is 46.5 Å². The monoisotopic (exact) mass is 1220 g/mol. The molecule has 0 aliphatic carbocycles. The number of nitrogens with zero attached hydrogens (tertiary/aromatic N) is 10. The zero-order chi connectivity index (χ0) is 62.0. The average Bonchev–Trinajstić information content (AvgIpc) is 3.42. The summed E-state index contributed by atoms with van der Waals surface area (Å²) in [5.74, 6) is -1.74. The van der Waals surface area contributed by atoms with E-state index in [0.29, 0.717) is 27.5 Å². The van der Waals surface area contributed by atoms with Crippen LogP contribution < -0.4 is 17.2 Å². The summed E-state index contributed by atoms with van der Waals surface area (Å²) in [5.41, 5.74) is 17.5. The lowest BCUT2D eigenvalue weighted by Gasteiger charge is -2.16. The zero-order valence-corrected chi connectivity index (χ0v) is 50.9. The molecule has 440 valence electrons. The fourth-order valence-electron chi connectivity index (χ4n) is 5.00. The number of aromatic carboxylic acids is 1. The van der Waals surface area contributed by atoms with Crippen LogP contribution in [-0.2, 0) is 14.3 Å². The Morgan fingerprint density at radius 1 is 0.654 bits per heavy atom. The minimum absolute atomic E-state index is 0.0231. The van der Waals surface area contributed by atoms with Gasteiger partial charge < -0.3 is 46.7 Å². The number of halogens is 5. The van der Waals surface area contributed by atoms with Crippen LogP contribution in [0.15, 0.2) is 135 Å². The largest absolute Gasteiger partial charge is 0.507 e. The maximum atomic E-state index is 11.5. The number of Topliss-reactive ketones (excluding diaryl/α,β-unsaturated/α-hetero) is 1. The number of carbonyl (C=O) groups is 4.